The average molecular weight is 378 g/mol. The molecule has 1 N–H and O–H groups in total. The van der Waals surface area contributed by atoms with E-state index in [1.54, 1.807) is 12.2 Å². The molecule has 0 aromatic carbocycles. The third kappa shape index (κ3) is 2.56. The molecule has 5 nitrogen and oxygen atoms in total. The van der Waals surface area contributed by atoms with Crippen molar-refractivity contribution in [2.75, 3.05) is 6.26 Å². The molecule has 142 valence electrons. The molecule has 0 bridgehead atoms. The fourth-order valence-corrected chi connectivity index (χ4v) is 7.16. The summed E-state index contributed by atoms with van der Waals surface area (Å²) in [4.78, 5) is 24.6. The van der Waals surface area contributed by atoms with Crippen molar-refractivity contribution in [3.8, 4) is 0 Å². The number of nitrogens with one attached hydrogen (secondary N) is 1. The number of carbonyl (C=O) groups excluding carboxylic acids is 2. The van der Waals surface area contributed by atoms with Gasteiger partial charge in [-0.1, -0.05) is 19.9 Å². The number of fused-ring (bicyclic) bond motifs is 5. The zero-order valence-electron chi connectivity index (χ0n) is 15.6. The van der Waals surface area contributed by atoms with Crippen molar-refractivity contribution in [1.29, 1.82) is 0 Å². The third-order valence-corrected chi connectivity index (χ3v) is 8.38. The molecule has 0 saturated heterocycles. The van der Waals surface area contributed by atoms with Crippen molar-refractivity contribution in [2.45, 2.75) is 52.0 Å². The molecule has 26 heavy (non-hydrogen) atoms. The molecular formula is C20H27NO4S. The van der Waals surface area contributed by atoms with Crippen LogP contribution in [-0.4, -0.2) is 32.3 Å². The fourth-order valence-electron chi connectivity index (χ4n) is 6.42. The highest BCUT2D eigenvalue weighted by atomic mass is 32.2. The molecule has 3 saturated carbocycles. The van der Waals surface area contributed by atoms with Gasteiger partial charge in [0.05, 0.1) is 6.26 Å². The van der Waals surface area contributed by atoms with Crippen LogP contribution in [0.15, 0.2) is 23.8 Å². The number of sulfonamides is 1. The second kappa shape index (κ2) is 5.61. The molecule has 0 amide bonds. The minimum Gasteiger partial charge on any atom is -0.299 e. The number of carbonyl (C=O) groups is 2. The van der Waals surface area contributed by atoms with Gasteiger partial charge < -0.3 is 0 Å². The van der Waals surface area contributed by atoms with E-state index in [4.69, 9.17) is 0 Å². The topological polar surface area (TPSA) is 80.3 Å². The van der Waals surface area contributed by atoms with E-state index in [9.17, 15) is 18.0 Å². The summed E-state index contributed by atoms with van der Waals surface area (Å²) in [7, 11) is -3.40. The summed E-state index contributed by atoms with van der Waals surface area (Å²) < 4.78 is 26.7. The first-order chi connectivity index (χ1) is 12.0. The first kappa shape index (κ1) is 18.1. The van der Waals surface area contributed by atoms with Crippen LogP contribution in [0.2, 0.25) is 0 Å². The highest BCUT2D eigenvalue weighted by Crippen LogP contribution is 2.63. The molecule has 0 heterocycles. The third-order valence-electron chi connectivity index (χ3n) is 7.67. The lowest BCUT2D eigenvalue weighted by atomic mass is 9.47. The van der Waals surface area contributed by atoms with Gasteiger partial charge in [0.25, 0.3) is 0 Å². The smallest absolute Gasteiger partial charge is 0.209 e. The van der Waals surface area contributed by atoms with Crippen molar-refractivity contribution >= 4 is 21.6 Å². The van der Waals surface area contributed by atoms with Crippen LogP contribution in [0, 0.1) is 28.6 Å². The van der Waals surface area contributed by atoms with E-state index in [1.807, 2.05) is 6.08 Å². The number of hydrogen-bond donors (Lipinski definition) is 1. The molecule has 0 aliphatic heterocycles. The predicted molar refractivity (Wildman–Crippen MR) is 98.8 cm³/mol. The Morgan fingerprint density at radius 3 is 2.58 bits per heavy atom. The number of rotatable bonds is 2. The molecule has 4 aliphatic rings. The minimum absolute atomic E-state index is 0.0760. The molecule has 3 fully saturated rings. The molecule has 0 radical (unpaired) electrons. The van der Waals surface area contributed by atoms with Crippen LogP contribution in [0.3, 0.4) is 0 Å². The summed E-state index contributed by atoms with van der Waals surface area (Å²) in [5.74, 6) is 1.24. The zero-order valence-corrected chi connectivity index (χ0v) is 16.4. The minimum atomic E-state index is -3.40. The Morgan fingerprint density at radius 2 is 1.88 bits per heavy atom. The predicted octanol–water partition coefficient (Wildman–Crippen LogP) is 2.39. The van der Waals surface area contributed by atoms with Crippen LogP contribution in [0.1, 0.15) is 46.0 Å². The first-order valence-electron chi connectivity index (χ1n) is 9.50. The maximum Gasteiger partial charge on any atom is 0.209 e. The zero-order chi connectivity index (χ0) is 18.9. The van der Waals surface area contributed by atoms with Gasteiger partial charge in [-0.05, 0) is 61.2 Å². The Balaban J connectivity index is 1.78. The van der Waals surface area contributed by atoms with Crippen LogP contribution in [0.4, 0.5) is 0 Å². The Kier molecular flexibility index (Phi) is 3.91. The monoisotopic (exact) mass is 377 g/mol. The number of hydrogen-bond acceptors (Lipinski definition) is 4. The first-order valence-corrected chi connectivity index (χ1v) is 11.4. The van der Waals surface area contributed by atoms with Crippen molar-refractivity contribution in [3.63, 3.8) is 0 Å². The molecule has 4 rings (SSSR count). The Bertz CT molecular complexity index is 842. The second-order valence-electron chi connectivity index (χ2n) is 9.09. The number of allylic oxidation sites excluding steroid dienone is 3. The molecular weight excluding hydrogens is 350 g/mol. The highest BCUT2D eigenvalue weighted by molar-refractivity contribution is 7.88. The molecule has 6 heteroatoms. The fraction of sp³-hybridized carbons (Fsp3) is 0.700. The van der Waals surface area contributed by atoms with Crippen LogP contribution in [0.25, 0.3) is 0 Å². The lowest BCUT2D eigenvalue weighted by Gasteiger charge is -2.57. The van der Waals surface area contributed by atoms with E-state index in [1.165, 1.54) is 6.26 Å². The van der Waals surface area contributed by atoms with Crippen molar-refractivity contribution in [3.05, 3.63) is 23.8 Å². The van der Waals surface area contributed by atoms with Crippen molar-refractivity contribution in [1.82, 2.24) is 4.72 Å². The van der Waals surface area contributed by atoms with Crippen molar-refractivity contribution < 1.29 is 18.0 Å². The molecule has 4 aliphatic carbocycles. The molecule has 0 aromatic heterocycles. The van der Waals surface area contributed by atoms with Gasteiger partial charge in [-0.2, -0.15) is 0 Å². The van der Waals surface area contributed by atoms with Gasteiger partial charge in [0.2, 0.25) is 10.0 Å². The van der Waals surface area contributed by atoms with Gasteiger partial charge >= 0.3 is 0 Å². The lowest BCUT2D eigenvalue weighted by molar-refractivity contribution is -0.131. The Hall–Kier alpha value is -1.27. The van der Waals surface area contributed by atoms with Crippen molar-refractivity contribution in [2.24, 2.45) is 28.6 Å². The average Bonchev–Trinajstić information content (AvgIpc) is 2.83. The highest BCUT2D eigenvalue weighted by Gasteiger charge is 2.60. The molecule has 0 spiro atoms. The molecule has 6 atom stereocenters. The van der Waals surface area contributed by atoms with Gasteiger partial charge in [0.15, 0.2) is 5.78 Å². The Morgan fingerprint density at radius 1 is 1.15 bits per heavy atom. The van der Waals surface area contributed by atoms with Gasteiger partial charge in [-0.25, -0.2) is 13.1 Å². The largest absolute Gasteiger partial charge is 0.299 e. The van der Waals surface area contributed by atoms with Crippen LogP contribution in [-0.2, 0) is 19.6 Å². The summed E-state index contributed by atoms with van der Waals surface area (Å²) in [6.45, 7) is 4.24. The SMILES string of the molecule is C[C@]12C=CC(=O)C=C1C(NS(C)(=O)=O)C[C@@H]1[C@@H]2CC[C@]2(C)C(=O)CC[C@@H]12. The summed E-state index contributed by atoms with van der Waals surface area (Å²) >= 11 is 0. The standard InChI is InChI=1S/C20H27NO4S/c1-19-8-6-12(22)10-16(19)17(21-26(3,24)25)11-13-14-4-5-18(23)20(14,2)9-7-15(13)19/h6,8,10,13-15,17,21H,4-5,7,9,11H2,1-3H3/t13-,14-,15-,17?,19+,20-/m0/s1. The maximum atomic E-state index is 12.5. The van der Waals surface area contributed by atoms with Gasteiger partial charge in [0.1, 0.15) is 5.78 Å². The summed E-state index contributed by atoms with van der Waals surface area (Å²) in [5.41, 5.74) is 0.305. The summed E-state index contributed by atoms with van der Waals surface area (Å²) in [6.07, 6.45) is 10.5. The quantitative estimate of drug-likeness (QED) is 0.801. The lowest BCUT2D eigenvalue weighted by Crippen LogP contribution is -2.56. The number of Topliss-reactive ketones (excluding diaryl/α,β-unsaturated/α-hetero) is 1. The van der Waals surface area contributed by atoms with E-state index in [-0.39, 0.29) is 22.7 Å². The number of ketones is 2. The normalized spacial score (nSPS) is 45.0. The van der Waals surface area contributed by atoms with E-state index in [0.717, 1.165) is 24.8 Å². The van der Waals surface area contributed by atoms with E-state index >= 15 is 0 Å². The van der Waals surface area contributed by atoms with Gasteiger partial charge in [0, 0.05) is 23.3 Å². The van der Waals surface area contributed by atoms with E-state index in [2.05, 4.69) is 18.6 Å². The van der Waals surface area contributed by atoms with E-state index in [0.29, 0.717) is 36.4 Å². The second-order valence-corrected chi connectivity index (χ2v) is 10.9. The molecule has 1 unspecified atom stereocenters. The molecule has 0 aromatic rings. The summed E-state index contributed by atoms with van der Waals surface area (Å²) in [5, 5.41) is 0. The Labute approximate surface area is 155 Å². The summed E-state index contributed by atoms with van der Waals surface area (Å²) in [6, 6.07) is -0.372. The van der Waals surface area contributed by atoms with Gasteiger partial charge in [-0.15, -0.1) is 0 Å². The maximum absolute atomic E-state index is 12.5. The van der Waals surface area contributed by atoms with Crippen LogP contribution < -0.4 is 4.72 Å². The van der Waals surface area contributed by atoms with Crippen LogP contribution >= 0.6 is 0 Å². The van der Waals surface area contributed by atoms with E-state index < -0.39 is 10.0 Å². The van der Waals surface area contributed by atoms with Crippen LogP contribution in [0.5, 0.6) is 0 Å². The van der Waals surface area contributed by atoms with Gasteiger partial charge in [-0.3, -0.25) is 9.59 Å².